The van der Waals surface area contributed by atoms with E-state index in [0.29, 0.717) is 23.8 Å². The Morgan fingerprint density at radius 3 is 2.07 bits per heavy atom. The maximum atomic E-state index is 6.00. The summed E-state index contributed by atoms with van der Waals surface area (Å²) in [6, 6.07) is 8.51. The van der Waals surface area contributed by atoms with Gasteiger partial charge in [-0.1, -0.05) is 37.6 Å². The Bertz CT molecular complexity index is 310. The van der Waals surface area contributed by atoms with Gasteiger partial charge in [0, 0.05) is 11.1 Å². The molecule has 0 bridgehead atoms. The molecule has 76 valence electrons. The average Bonchev–Trinajstić information content (AvgIpc) is 2.21. The molecule has 2 unspecified atom stereocenters. The monoisotopic (exact) mass is 209 g/mol. The highest BCUT2D eigenvalue weighted by atomic mass is 35.5. The van der Waals surface area contributed by atoms with Gasteiger partial charge in [-0.05, 0) is 35.4 Å². The molecule has 2 rings (SSSR count). The van der Waals surface area contributed by atoms with Crippen molar-refractivity contribution in [2.45, 2.75) is 25.8 Å². The zero-order chi connectivity index (χ0) is 10.3. The van der Waals surface area contributed by atoms with Crippen LogP contribution in [0, 0.1) is 11.8 Å². The van der Waals surface area contributed by atoms with Crippen LogP contribution in [0.1, 0.15) is 25.3 Å². The summed E-state index contributed by atoms with van der Waals surface area (Å²) in [5.74, 6) is 1.79. The molecule has 2 atom stereocenters. The Morgan fingerprint density at radius 1 is 1.07 bits per heavy atom. The zero-order valence-electron chi connectivity index (χ0n) is 8.57. The molecule has 1 aliphatic rings. The molecule has 0 heterocycles. The van der Waals surface area contributed by atoms with E-state index in [1.165, 1.54) is 5.56 Å². The third-order valence-corrected chi connectivity index (χ3v) is 3.85. The Hall–Kier alpha value is -0.530. The lowest BCUT2D eigenvalue weighted by Crippen LogP contribution is -2.52. The Morgan fingerprint density at radius 2 is 1.57 bits per heavy atom. The summed E-state index contributed by atoms with van der Waals surface area (Å²) in [6.07, 6.45) is 0. The van der Waals surface area contributed by atoms with Gasteiger partial charge in [-0.3, -0.25) is 0 Å². The normalized spacial score (nSPS) is 36.6. The number of halogens is 1. The molecule has 2 heteroatoms. The number of nitrogens with two attached hydrogens (primary N) is 1. The largest absolute Gasteiger partial charge is 0.327 e. The minimum absolute atomic E-state index is 0.357. The van der Waals surface area contributed by atoms with Crippen LogP contribution in [0.25, 0.3) is 0 Å². The van der Waals surface area contributed by atoms with Crippen LogP contribution in [-0.2, 0) is 0 Å². The molecule has 1 aromatic carbocycles. The van der Waals surface area contributed by atoms with Crippen molar-refractivity contribution in [2.24, 2.45) is 17.6 Å². The van der Waals surface area contributed by atoms with Crippen LogP contribution in [0.5, 0.6) is 0 Å². The summed E-state index contributed by atoms with van der Waals surface area (Å²) < 4.78 is 0. The Balaban J connectivity index is 2.20. The van der Waals surface area contributed by atoms with E-state index in [-0.39, 0.29) is 0 Å². The molecule has 1 saturated carbocycles. The summed E-state index contributed by atoms with van der Waals surface area (Å²) in [5.41, 5.74) is 7.37. The number of hydrogen-bond acceptors (Lipinski definition) is 1. The molecule has 0 radical (unpaired) electrons. The van der Waals surface area contributed by atoms with Crippen LogP contribution in [0.3, 0.4) is 0 Å². The fourth-order valence-electron chi connectivity index (χ4n) is 2.58. The second-order valence-corrected chi connectivity index (χ2v) is 4.81. The van der Waals surface area contributed by atoms with Crippen molar-refractivity contribution >= 4 is 11.6 Å². The quantitative estimate of drug-likeness (QED) is 0.756. The van der Waals surface area contributed by atoms with E-state index in [9.17, 15) is 0 Å². The van der Waals surface area contributed by atoms with Crippen LogP contribution < -0.4 is 5.73 Å². The molecule has 0 amide bonds. The lowest BCUT2D eigenvalue weighted by Gasteiger charge is -2.47. The van der Waals surface area contributed by atoms with Gasteiger partial charge in [-0.25, -0.2) is 0 Å². The van der Waals surface area contributed by atoms with E-state index < -0.39 is 0 Å². The van der Waals surface area contributed by atoms with Crippen molar-refractivity contribution < 1.29 is 0 Å². The third-order valence-electron chi connectivity index (χ3n) is 3.60. The van der Waals surface area contributed by atoms with Gasteiger partial charge in [-0.15, -0.1) is 0 Å². The minimum atomic E-state index is 0.357. The van der Waals surface area contributed by atoms with Gasteiger partial charge in [0.15, 0.2) is 0 Å². The van der Waals surface area contributed by atoms with Gasteiger partial charge >= 0.3 is 0 Å². The molecule has 0 spiro atoms. The molecule has 0 aromatic heterocycles. The fourth-order valence-corrected chi connectivity index (χ4v) is 2.71. The first-order chi connectivity index (χ1) is 6.61. The van der Waals surface area contributed by atoms with Crippen molar-refractivity contribution in [3.63, 3.8) is 0 Å². The topological polar surface area (TPSA) is 26.0 Å². The van der Waals surface area contributed by atoms with E-state index in [1.807, 2.05) is 12.1 Å². The number of benzene rings is 1. The van der Waals surface area contributed by atoms with Gasteiger partial charge < -0.3 is 5.73 Å². The van der Waals surface area contributed by atoms with E-state index >= 15 is 0 Å². The lowest BCUT2D eigenvalue weighted by atomic mass is 9.60. The van der Waals surface area contributed by atoms with Gasteiger partial charge in [-0.2, -0.15) is 0 Å². The molecule has 2 N–H and O–H groups in total. The highest BCUT2D eigenvalue weighted by molar-refractivity contribution is 6.30. The number of hydrogen-bond donors (Lipinski definition) is 1. The molecule has 1 aliphatic carbocycles. The van der Waals surface area contributed by atoms with Gasteiger partial charge in [0.1, 0.15) is 0 Å². The van der Waals surface area contributed by atoms with E-state index in [4.69, 9.17) is 17.3 Å². The second kappa shape index (κ2) is 3.56. The summed E-state index contributed by atoms with van der Waals surface area (Å²) in [4.78, 5) is 0. The molecule has 1 fully saturated rings. The zero-order valence-corrected chi connectivity index (χ0v) is 9.33. The Kier molecular flexibility index (Phi) is 2.54. The molecule has 0 saturated heterocycles. The standard InChI is InChI=1S/C12H16ClN/c1-7-11(8(2)12(7)14)9-3-5-10(13)6-4-9/h3-8,11-12H,14H2,1-2H3. The minimum Gasteiger partial charge on any atom is -0.327 e. The maximum absolute atomic E-state index is 6.00. The third kappa shape index (κ3) is 1.45. The molecule has 1 nitrogen and oxygen atoms in total. The van der Waals surface area contributed by atoms with Gasteiger partial charge in [0.05, 0.1) is 0 Å². The highest BCUT2D eigenvalue weighted by Crippen LogP contribution is 2.46. The van der Waals surface area contributed by atoms with Crippen LogP contribution in [0.2, 0.25) is 5.02 Å². The van der Waals surface area contributed by atoms with Crippen LogP contribution >= 0.6 is 11.6 Å². The second-order valence-electron chi connectivity index (χ2n) is 4.37. The summed E-state index contributed by atoms with van der Waals surface area (Å²) >= 11 is 5.85. The first-order valence-corrected chi connectivity index (χ1v) is 5.50. The molecule has 14 heavy (non-hydrogen) atoms. The van der Waals surface area contributed by atoms with Crippen molar-refractivity contribution in [1.82, 2.24) is 0 Å². The molecule has 1 aromatic rings. The average molecular weight is 210 g/mol. The van der Waals surface area contributed by atoms with Crippen LogP contribution in [-0.4, -0.2) is 6.04 Å². The van der Waals surface area contributed by atoms with Crippen molar-refractivity contribution in [1.29, 1.82) is 0 Å². The van der Waals surface area contributed by atoms with Crippen molar-refractivity contribution in [3.05, 3.63) is 34.9 Å². The molecule has 0 aliphatic heterocycles. The van der Waals surface area contributed by atoms with Gasteiger partial charge in [0.25, 0.3) is 0 Å². The Labute approximate surface area is 90.3 Å². The molecular formula is C12H16ClN. The van der Waals surface area contributed by atoms with E-state index in [1.54, 1.807) is 0 Å². The van der Waals surface area contributed by atoms with Gasteiger partial charge in [0.2, 0.25) is 0 Å². The van der Waals surface area contributed by atoms with Crippen LogP contribution in [0.4, 0.5) is 0 Å². The fraction of sp³-hybridized carbons (Fsp3) is 0.500. The summed E-state index contributed by atoms with van der Waals surface area (Å²) in [5, 5.41) is 0.803. The smallest absolute Gasteiger partial charge is 0.0406 e. The predicted molar refractivity (Wildman–Crippen MR) is 60.5 cm³/mol. The SMILES string of the molecule is CC1C(N)C(C)C1c1ccc(Cl)cc1. The summed E-state index contributed by atoms with van der Waals surface area (Å²) in [7, 11) is 0. The first kappa shape index (κ1) is 10.0. The van der Waals surface area contributed by atoms with E-state index in [0.717, 1.165) is 5.02 Å². The molecular weight excluding hydrogens is 194 g/mol. The van der Waals surface area contributed by atoms with Crippen molar-refractivity contribution in [2.75, 3.05) is 0 Å². The van der Waals surface area contributed by atoms with E-state index in [2.05, 4.69) is 26.0 Å². The maximum Gasteiger partial charge on any atom is 0.0406 e. The lowest BCUT2D eigenvalue weighted by molar-refractivity contribution is 0.130. The van der Waals surface area contributed by atoms with Crippen molar-refractivity contribution in [3.8, 4) is 0 Å². The highest BCUT2D eigenvalue weighted by Gasteiger charge is 2.43. The van der Waals surface area contributed by atoms with Crippen LogP contribution in [0.15, 0.2) is 24.3 Å². The summed E-state index contributed by atoms with van der Waals surface area (Å²) in [6.45, 7) is 4.45. The predicted octanol–water partition coefficient (Wildman–Crippen LogP) is 3.04. The number of rotatable bonds is 1. The first-order valence-electron chi connectivity index (χ1n) is 5.12.